The van der Waals surface area contributed by atoms with Crippen LogP contribution in [0.3, 0.4) is 0 Å². The second kappa shape index (κ2) is 5.30. The van der Waals surface area contributed by atoms with Crippen LogP contribution in [0, 0.1) is 5.92 Å². The smallest absolute Gasteiger partial charge is 0.0545 e. The van der Waals surface area contributed by atoms with Crippen molar-refractivity contribution in [2.45, 2.75) is 24.8 Å². The van der Waals surface area contributed by atoms with Crippen LogP contribution in [0.2, 0.25) is 0 Å². The fraction of sp³-hybridized carbons (Fsp3) is 0.455. The molecule has 0 aliphatic heterocycles. The van der Waals surface area contributed by atoms with Crippen LogP contribution >= 0.6 is 11.8 Å². The Kier molecular flexibility index (Phi) is 4.33. The number of rotatable bonds is 4. The molecule has 2 heteroatoms. The van der Waals surface area contributed by atoms with Crippen molar-refractivity contribution in [3.8, 4) is 0 Å². The molecule has 0 bridgehead atoms. The summed E-state index contributed by atoms with van der Waals surface area (Å²) >= 11 is 1.80. The summed E-state index contributed by atoms with van der Waals surface area (Å²) in [6.07, 6.45) is -0.212. The van der Waals surface area contributed by atoms with Crippen molar-refractivity contribution in [1.29, 1.82) is 0 Å². The molecule has 1 N–H and O–H groups in total. The first kappa shape index (κ1) is 10.6. The molecule has 0 aliphatic rings. The Morgan fingerprint density at radius 1 is 1.23 bits per heavy atom. The lowest BCUT2D eigenvalue weighted by Crippen LogP contribution is -2.14. The molecule has 0 amide bonds. The second-order valence-electron chi connectivity index (χ2n) is 3.34. The van der Waals surface area contributed by atoms with Crippen molar-refractivity contribution in [3.05, 3.63) is 30.3 Å². The van der Waals surface area contributed by atoms with Gasteiger partial charge in [0.25, 0.3) is 0 Å². The maximum atomic E-state index is 9.29. The molecule has 0 saturated carbocycles. The number of benzene rings is 1. The van der Waals surface area contributed by atoms with E-state index < -0.39 is 0 Å². The Morgan fingerprint density at radius 2 is 1.85 bits per heavy atom. The molecule has 0 aliphatic carbocycles. The van der Waals surface area contributed by atoms with Crippen LogP contribution < -0.4 is 0 Å². The first-order valence-corrected chi connectivity index (χ1v) is 5.54. The summed E-state index contributed by atoms with van der Waals surface area (Å²) in [5.74, 6) is 1.33. The zero-order valence-electron chi connectivity index (χ0n) is 8.10. The fourth-order valence-corrected chi connectivity index (χ4v) is 1.97. The zero-order chi connectivity index (χ0) is 9.68. The van der Waals surface area contributed by atoms with E-state index in [1.165, 1.54) is 4.90 Å². The number of hydrogen-bond donors (Lipinski definition) is 1. The van der Waals surface area contributed by atoms with Gasteiger partial charge in [0.05, 0.1) is 6.10 Å². The molecule has 1 rings (SSSR count). The molecule has 0 aromatic heterocycles. The third-order valence-corrected chi connectivity index (χ3v) is 3.38. The molecule has 0 spiro atoms. The number of hydrogen-bond acceptors (Lipinski definition) is 2. The van der Waals surface area contributed by atoms with E-state index in [-0.39, 0.29) is 6.10 Å². The zero-order valence-corrected chi connectivity index (χ0v) is 8.92. The predicted octanol–water partition coefficient (Wildman–Crippen LogP) is 2.80. The highest BCUT2D eigenvalue weighted by molar-refractivity contribution is 7.99. The van der Waals surface area contributed by atoms with Crippen LogP contribution in [0.15, 0.2) is 35.2 Å². The minimum Gasteiger partial charge on any atom is -0.393 e. The third-order valence-electron chi connectivity index (χ3n) is 2.08. The Morgan fingerprint density at radius 3 is 2.38 bits per heavy atom. The van der Waals surface area contributed by atoms with Gasteiger partial charge in [0.2, 0.25) is 0 Å². The van der Waals surface area contributed by atoms with Gasteiger partial charge in [0.15, 0.2) is 0 Å². The molecule has 0 heterocycles. The van der Waals surface area contributed by atoms with E-state index in [1.807, 2.05) is 25.1 Å². The van der Waals surface area contributed by atoms with Crippen molar-refractivity contribution in [1.82, 2.24) is 0 Å². The van der Waals surface area contributed by atoms with Crippen molar-refractivity contribution in [2.24, 2.45) is 5.92 Å². The van der Waals surface area contributed by atoms with Crippen LogP contribution in [0.4, 0.5) is 0 Å². The normalized spacial score (nSPS) is 15.3. The summed E-state index contributed by atoms with van der Waals surface area (Å²) in [6, 6.07) is 10.3. The highest BCUT2D eigenvalue weighted by Gasteiger charge is 2.08. The molecular weight excluding hydrogens is 180 g/mol. The van der Waals surface area contributed by atoms with Gasteiger partial charge in [-0.3, -0.25) is 0 Å². The number of aliphatic hydroxyl groups excluding tert-OH is 1. The number of aliphatic hydroxyl groups is 1. The van der Waals surface area contributed by atoms with Gasteiger partial charge in [-0.05, 0) is 25.0 Å². The first-order valence-electron chi connectivity index (χ1n) is 4.56. The molecule has 0 fully saturated rings. The van der Waals surface area contributed by atoms with E-state index in [0.717, 1.165) is 5.75 Å². The van der Waals surface area contributed by atoms with E-state index in [0.29, 0.717) is 5.92 Å². The SMILES string of the molecule is CC(CSc1ccccc1)[C@@H](C)O. The largest absolute Gasteiger partial charge is 0.393 e. The molecule has 1 aromatic rings. The predicted molar refractivity (Wildman–Crippen MR) is 58.0 cm³/mol. The lowest BCUT2D eigenvalue weighted by molar-refractivity contribution is 0.147. The summed E-state index contributed by atoms with van der Waals surface area (Å²) in [6.45, 7) is 3.91. The Balaban J connectivity index is 2.35. The highest BCUT2D eigenvalue weighted by Crippen LogP contribution is 2.21. The van der Waals surface area contributed by atoms with Crippen LogP contribution in [0.25, 0.3) is 0 Å². The van der Waals surface area contributed by atoms with Crippen LogP contribution in [0.1, 0.15) is 13.8 Å². The highest BCUT2D eigenvalue weighted by atomic mass is 32.2. The van der Waals surface area contributed by atoms with E-state index in [2.05, 4.69) is 19.1 Å². The van der Waals surface area contributed by atoms with Gasteiger partial charge in [-0.2, -0.15) is 0 Å². The Hall–Kier alpha value is -0.470. The lowest BCUT2D eigenvalue weighted by Gasteiger charge is -2.13. The first-order chi connectivity index (χ1) is 6.20. The standard InChI is InChI=1S/C11H16OS/c1-9(10(2)12)8-13-11-6-4-3-5-7-11/h3-7,9-10,12H,8H2,1-2H3/t9?,10-/m1/s1. The average Bonchev–Trinajstić information content (AvgIpc) is 2.15. The molecule has 0 radical (unpaired) electrons. The topological polar surface area (TPSA) is 20.2 Å². The van der Waals surface area contributed by atoms with Crippen molar-refractivity contribution in [3.63, 3.8) is 0 Å². The Bertz CT molecular complexity index is 233. The quantitative estimate of drug-likeness (QED) is 0.747. The van der Waals surface area contributed by atoms with Crippen molar-refractivity contribution < 1.29 is 5.11 Å². The van der Waals surface area contributed by atoms with Crippen LogP contribution in [-0.4, -0.2) is 17.0 Å². The third kappa shape index (κ3) is 3.83. The van der Waals surface area contributed by atoms with Gasteiger partial charge in [0, 0.05) is 10.6 Å². The average molecular weight is 196 g/mol. The van der Waals surface area contributed by atoms with E-state index in [1.54, 1.807) is 11.8 Å². The summed E-state index contributed by atoms with van der Waals surface area (Å²) in [4.78, 5) is 1.27. The Labute approximate surface area is 84.2 Å². The van der Waals surface area contributed by atoms with E-state index in [4.69, 9.17) is 0 Å². The minimum absolute atomic E-state index is 0.212. The van der Waals surface area contributed by atoms with Gasteiger partial charge in [0.1, 0.15) is 0 Å². The maximum absolute atomic E-state index is 9.29. The van der Waals surface area contributed by atoms with Gasteiger partial charge in [-0.25, -0.2) is 0 Å². The molecule has 72 valence electrons. The fourth-order valence-electron chi connectivity index (χ4n) is 0.884. The van der Waals surface area contributed by atoms with Crippen LogP contribution in [-0.2, 0) is 0 Å². The maximum Gasteiger partial charge on any atom is 0.0545 e. The van der Waals surface area contributed by atoms with E-state index >= 15 is 0 Å². The second-order valence-corrected chi connectivity index (χ2v) is 4.44. The molecule has 0 saturated heterocycles. The van der Waals surface area contributed by atoms with E-state index in [9.17, 15) is 5.11 Å². The monoisotopic (exact) mass is 196 g/mol. The lowest BCUT2D eigenvalue weighted by atomic mass is 10.1. The molecule has 2 atom stereocenters. The summed E-state index contributed by atoms with van der Waals surface area (Å²) in [5, 5.41) is 9.29. The molecule has 1 nitrogen and oxygen atoms in total. The van der Waals surface area contributed by atoms with Gasteiger partial charge in [-0.1, -0.05) is 25.1 Å². The minimum atomic E-state index is -0.212. The summed E-state index contributed by atoms with van der Waals surface area (Å²) in [5.41, 5.74) is 0. The van der Waals surface area contributed by atoms with Crippen molar-refractivity contribution in [2.75, 3.05) is 5.75 Å². The van der Waals surface area contributed by atoms with Crippen LogP contribution in [0.5, 0.6) is 0 Å². The number of thioether (sulfide) groups is 1. The molecule has 1 unspecified atom stereocenters. The van der Waals surface area contributed by atoms with Crippen molar-refractivity contribution >= 4 is 11.8 Å². The molecule has 1 aromatic carbocycles. The summed E-state index contributed by atoms with van der Waals surface area (Å²) < 4.78 is 0. The van der Waals surface area contributed by atoms with Gasteiger partial charge < -0.3 is 5.11 Å². The molecular formula is C11H16OS. The van der Waals surface area contributed by atoms with Gasteiger partial charge >= 0.3 is 0 Å². The van der Waals surface area contributed by atoms with Gasteiger partial charge in [-0.15, -0.1) is 11.8 Å². The molecule has 13 heavy (non-hydrogen) atoms. The summed E-state index contributed by atoms with van der Waals surface area (Å²) in [7, 11) is 0.